The first-order valence-corrected chi connectivity index (χ1v) is 8.12. The van der Waals surface area contributed by atoms with Crippen molar-refractivity contribution in [1.82, 2.24) is 0 Å². The maximum absolute atomic E-state index is 12.1. The molecule has 18 heavy (non-hydrogen) atoms. The minimum atomic E-state index is -3.55. The van der Waals surface area contributed by atoms with Crippen molar-refractivity contribution in [2.24, 2.45) is 0 Å². The van der Waals surface area contributed by atoms with Gasteiger partial charge < -0.3 is 5.73 Å². The minimum Gasteiger partial charge on any atom is -0.399 e. The number of thiophene rings is 1. The Labute approximate surface area is 118 Å². The lowest BCUT2D eigenvalue weighted by Gasteiger charge is -2.08. The van der Waals surface area contributed by atoms with E-state index >= 15 is 0 Å². The van der Waals surface area contributed by atoms with Gasteiger partial charge in [-0.2, -0.15) is 0 Å². The van der Waals surface area contributed by atoms with Gasteiger partial charge in [0.05, 0.1) is 5.69 Å². The highest BCUT2D eigenvalue weighted by Gasteiger charge is 2.17. The van der Waals surface area contributed by atoms with Gasteiger partial charge in [0.2, 0.25) is 0 Å². The van der Waals surface area contributed by atoms with Gasteiger partial charge in [0.1, 0.15) is 4.21 Å². The Morgan fingerprint density at radius 2 is 2.00 bits per heavy atom. The summed E-state index contributed by atoms with van der Waals surface area (Å²) in [6.07, 6.45) is 0. The molecule has 0 fully saturated rings. The van der Waals surface area contributed by atoms with E-state index in [2.05, 4.69) is 20.7 Å². The van der Waals surface area contributed by atoms with Crippen molar-refractivity contribution in [3.8, 4) is 0 Å². The quantitative estimate of drug-likeness (QED) is 0.838. The number of sulfonamides is 1. The van der Waals surface area contributed by atoms with Crippen LogP contribution in [0, 0.1) is 6.92 Å². The summed E-state index contributed by atoms with van der Waals surface area (Å²) in [7, 11) is -3.55. The number of rotatable bonds is 3. The molecule has 3 N–H and O–H groups in total. The predicted molar refractivity (Wildman–Crippen MR) is 78.4 cm³/mol. The smallest absolute Gasteiger partial charge is 0.271 e. The van der Waals surface area contributed by atoms with Crippen molar-refractivity contribution >= 4 is 48.7 Å². The topological polar surface area (TPSA) is 72.2 Å². The fourth-order valence-corrected chi connectivity index (χ4v) is 4.20. The van der Waals surface area contributed by atoms with E-state index in [1.165, 1.54) is 11.3 Å². The van der Waals surface area contributed by atoms with E-state index in [9.17, 15) is 8.42 Å². The second kappa shape index (κ2) is 4.91. The largest absolute Gasteiger partial charge is 0.399 e. The highest BCUT2D eigenvalue weighted by atomic mass is 79.9. The van der Waals surface area contributed by atoms with Crippen LogP contribution < -0.4 is 10.5 Å². The van der Waals surface area contributed by atoms with Gasteiger partial charge in [-0.3, -0.25) is 4.72 Å². The molecule has 0 radical (unpaired) electrons. The van der Waals surface area contributed by atoms with Crippen molar-refractivity contribution in [3.63, 3.8) is 0 Å². The van der Waals surface area contributed by atoms with Crippen molar-refractivity contribution < 1.29 is 8.42 Å². The van der Waals surface area contributed by atoms with Gasteiger partial charge in [0, 0.05) is 15.0 Å². The van der Waals surface area contributed by atoms with Crippen LogP contribution in [-0.4, -0.2) is 8.42 Å². The van der Waals surface area contributed by atoms with Crippen molar-refractivity contribution in [1.29, 1.82) is 0 Å². The van der Waals surface area contributed by atoms with Crippen molar-refractivity contribution in [2.75, 3.05) is 10.5 Å². The number of nitrogens with one attached hydrogen (secondary N) is 1. The Balaban J connectivity index is 2.36. The lowest BCUT2D eigenvalue weighted by molar-refractivity contribution is 0.603. The molecule has 1 aromatic carbocycles. The fraction of sp³-hybridized carbons (Fsp3) is 0.0909. The number of nitrogens with two attached hydrogens (primary N) is 1. The Morgan fingerprint density at radius 3 is 2.61 bits per heavy atom. The maximum atomic E-state index is 12.1. The van der Waals surface area contributed by atoms with Gasteiger partial charge in [0.15, 0.2) is 0 Å². The van der Waals surface area contributed by atoms with Crippen molar-refractivity contribution in [2.45, 2.75) is 11.1 Å². The highest BCUT2D eigenvalue weighted by molar-refractivity contribution is 9.10. The molecular formula is C11H11BrN2O2S2. The Kier molecular flexibility index (Phi) is 3.65. The molecule has 0 aliphatic carbocycles. The number of hydrogen-bond acceptors (Lipinski definition) is 4. The molecule has 2 rings (SSSR count). The molecule has 4 nitrogen and oxygen atoms in total. The third-order valence-electron chi connectivity index (χ3n) is 2.22. The molecule has 0 aliphatic heterocycles. The molecule has 1 aromatic heterocycles. The summed E-state index contributed by atoms with van der Waals surface area (Å²) in [6, 6.07) is 8.32. The summed E-state index contributed by atoms with van der Waals surface area (Å²) >= 11 is 4.51. The molecular weight excluding hydrogens is 336 g/mol. The summed E-state index contributed by atoms with van der Waals surface area (Å²) in [6.45, 7) is 1.86. The van der Waals surface area contributed by atoms with E-state index in [1.54, 1.807) is 30.3 Å². The minimum absolute atomic E-state index is 0.286. The van der Waals surface area contributed by atoms with Crippen LogP contribution >= 0.6 is 27.3 Å². The number of anilines is 2. The fourth-order valence-electron chi connectivity index (χ4n) is 1.37. The standard InChI is InChI=1S/C11H11BrN2O2S2/c1-7-2-5-11(17-7)18(15,16)14-10-6-8(13)3-4-9(10)12/h2-6,14H,13H2,1H3. The van der Waals surface area contributed by atoms with Gasteiger partial charge in [-0.1, -0.05) is 0 Å². The number of hydrogen-bond donors (Lipinski definition) is 2. The van der Waals surface area contributed by atoms with Crippen LogP contribution in [0.1, 0.15) is 4.88 Å². The van der Waals surface area contributed by atoms with E-state index in [4.69, 9.17) is 5.73 Å². The summed E-state index contributed by atoms with van der Waals surface area (Å²) in [4.78, 5) is 0.946. The Bertz CT molecular complexity index is 680. The van der Waals surface area contributed by atoms with Gasteiger partial charge in [-0.15, -0.1) is 11.3 Å². The van der Waals surface area contributed by atoms with E-state index in [1.807, 2.05) is 6.92 Å². The molecule has 0 unspecified atom stereocenters. The molecule has 2 aromatic rings. The van der Waals surface area contributed by atoms with Crippen LogP contribution in [-0.2, 0) is 10.0 Å². The first kappa shape index (κ1) is 13.4. The molecule has 0 amide bonds. The maximum Gasteiger partial charge on any atom is 0.271 e. The molecule has 0 saturated carbocycles. The Hall–Kier alpha value is -1.05. The monoisotopic (exact) mass is 346 g/mol. The summed E-state index contributed by atoms with van der Waals surface area (Å²) in [5.74, 6) is 0. The lowest BCUT2D eigenvalue weighted by atomic mass is 10.3. The van der Waals surface area contributed by atoms with Gasteiger partial charge >= 0.3 is 0 Å². The molecule has 0 bridgehead atoms. The summed E-state index contributed by atoms with van der Waals surface area (Å²) < 4.78 is 27.7. The zero-order chi connectivity index (χ0) is 13.3. The van der Waals surface area contributed by atoms with Crippen molar-refractivity contribution in [3.05, 3.63) is 39.7 Å². The second-order valence-electron chi connectivity index (χ2n) is 3.71. The van der Waals surface area contributed by atoms with Crippen LogP contribution in [0.4, 0.5) is 11.4 Å². The SMILES string of the molecule is Cc1ccc(S(=O)(=O)Nc2cc(N)ccc2Br)s1. The zero-order valence-corrected chi connectivity index (χ0v) is 12.7. The van der Waals surface area contributed by atoms with Gasteiger partial charge in [0.25, 0.3) is 10.0 Å². The lowest BCUT2D eigenvalue weighted by Crippen LogP contribution is -2.12. The van der Waals surface area contributed by atoms with Crippen LogP contribution in [0.25, 0.3) is 0 Å². The molecule has 1 heterocycles. The van der Waals surface area contributed by atoms with E-state index in [-0.39, 0.29) is 4.21 Å². The summed E-state index contributed by atoms with van der Waals surface area (Å²) in [5, 5.41) is 0. The predicted octanol–water partition coefficient (Wildman–Crippen LogP) is 3.20. The molecule has 0 aliphatic rings. The van der Waals surface area contributed by atoms with Gasteiger partial charge in [-0.05, 0) is 53.2 Å². The second-order valence-corrected chi connectivity index (χ2v) is 7.76. The third kappa shape index (κ3) is 2.85. The number of halogens is 1. The first-order valence-electron chi connectivity index (χ1n) is 5.03. The van der Waals surface area contributed by atoms with E-state index < -0.39 is 10.0 Å². The molecule has 96 valence electrons. The molecule has 0 atom stereocenters. The third-order valence-corrected chi connectivity index (χ3v) is 5.76. The normalized spacial score (nSPS) is 11.4. The first-order chi connectivity index (χ1) is 8.38. The van der Waals surface area contributed by atoms with E-state index in [0.717, 1.165) is 4.88 Å². The van der Waals surface area contributed by atoms with Crippen LogP contribution in [0.2, 0.25) is 0 Å². The van der Waals surface area contributed by atoms with Crippen LogP contribution in [0.3, 0.4) is 0 Å². The van der Waals surface area contributed by atoms with Crippen LogP contribution in [0.5, 0.6) is 0 Å². The summed E-state index contributed by atoms with van der Waals surface area (Å²) in [5.41, 5.74) is 6.57. The van der Waals surface area contributed by atoms with Gasteiger partial charge in [-0.25, -0.2) is 8.42 Å². The molecule has 0 spiro atoms. The highest BCUT2D eigenvalue weighted by Crippen LogP contribution is 2.29. The number of nitrogen functional groups attached to an aromatic ring is 1. The number of aryl methyl sites for hydroxylation is 1. The molecule has 0 saturated heterocycles. The zero-order valence-electron chi connectivity index (χ0n) is 9.48. The Morgan fingerprint density at radius 1 is 1.28 bits per heavy atom. The van der Waals surface area contributed by atoms with E-state index in [0.29, 0.717) is 15.8 Å². The number of benzene rings is 1. The van der Waals surface area contributed by atoms with Crippen LogP contribution in [0.15, 0.2) is 39.0 Å². The average Bonchev–Trinajstić information content (AvgIpc) is 2.71. The average molecular weight is 347 g/mol. The molecule has 7 heteroatoms.